The molecule has 0 spiro atoms. The molecule has 0 unspecified atom stereocenters. The summed E-state index contributed by atoms with van der Waals surface area (Å²) in [7, 11) is -9.89. The van der Waals surface area contributed by atoms with Crippen LogP contribution in [0.5, 0.6) is 11.5 Å². The van der Waals surface area contributed by atoms with Gasteiger partial charge in [-0.15, -0.1) is 20.5 Å². The molecule has 3 heterocycles. The fraction of sp³-hybridized carbons (Fsp3) is 0. The Labute approximate surface area is 353 Å². The van der Waals surface area contributed by atoms with Crippen molar-refractivity contribution in [1.82, 2.24) is 19.9 Å². The maximum absolute atomic E-state index is 11.4. The Morgan fingerprint density at radius 1 is 0.500 bits per heavy atom. The van der Waals surface area contributed by atoms with Gasteiger partial charge in [-0.05, 0) is 59.7 Å². The zero-order valence-corrected chi connectivity index (χ0v) is 32.3. The smallest absolute Gasteiger partial charge is 0.872 e. The first-order chi connectivity index (χ1) is 23.5. The second kappa shape index (κ2) is 35.5. The average Bonchev–Trinajstić information content (AvgIpc) is 3.05. The number of hydrazone groups is 2. The SMILES string of the molecule is O.O.O.O.[Cu+2].[Cu+2].[O-][Cl+3]([O-])([O-])[O-].[O-][Cl+3]([O-])([O-])[O-].[O-]c1ccc(Cl)cc1/C=N/Nc1ccccn1.[O-]c1ccc(Cl)cc1/C=N/Nc1ccccn1.c1cnccn1. The predicted molar refractivity (Wildman–Crippen MR) is 169 cm³/mol. The number of benzene rings is 2. The molecule has 3 aromatic heterocycles. The molecule has 28 heteroatoms. The second-order valence-electron chi connectivity index (χ2n) is 8.18. The van der Waals surface area contributed by atoms with E-state index in [0.29, 0.717) is 32.8 Å². The van der Waals surface area contributed by atoms with Crippen molar-refractivity contribution in [3.05, 3.63) is 131 Å². The van der Waals surface area contributed by atoms with Crippen molar-refractivity contribution in [1.29, 1.82) is 0 Å². The third-order valence-corrected chi connectivity index (χ3v) is 4.99. The molecule has 0 saturated heterocycles. The van der Waals surface area contributed by atoms with Gasteiger partial charge in [-0.3, -0.25) is 20.8 Å². The summed E-state index contributed by atoms with van der Waals surface area (Å²) in [5.41, 5.74) is 6.30. The molecule has 0 atom stereocenters. The number of anilines is 2. The molecule has 2 radical (unpaired) electrons. The molecular formula is C28H30Cl4Cu2N8O14. The quantitative estimate of drug-likeness (QED) is 0.0907. The standard InChI is InChI=1S/2C12H10ClN3O.C4H4N2.2ClHO4.2Cu.4H2O/c2*13-10-4-5-11(17)9(7-10)8-15-16-12-3-1-2-6-14-12;1-2-6-4-3-5-1;2*2-1(3,4)5;;;;;;/h2*1-8,17H,(H,14,16);1-4H;2*(H,2,3,4,5);;;4*1H2/q;;;;;2*+2;;;;/p-4/b2*15-8+;;;;;;;;;. The number of nitrogens with one attached hydrogen (secondary N) is 2. The summed E-state index contributed by atoms with van der Waals surface area (Å²) in [5, 5.41) is 31.7. The summed E-state index contributed by atoms with van der Waals surface area (Å²) in [6.07, 6.45) is 12.7. The van der Waals surface area contributed by atoms with Gasteiger partial charge >= 0.3 is 34.1 Å². The van der Waals surface area contributed by atoms with Crippen molar-refractivity contribution in [2.45, 2.75) is 0 Å². The van der Waals surface area contributed by atoms with Gasteiger partial charge in [0.2, 0.25) is 0 Å². The van der Waals surface area contributed by atoms with Gasteiger partial charge in [-0.25, -0.2) is 47.2 Å². The molecule has 0 aliphatic rings. The summed E-state index contributed by atoms with van der Waals surface area (Å²) >= 11 is 11.6. The number of pyridine rings is 2. The monoisotopic (exact) mass is 968 g/mol. The van der Waals surface area contributed by atoms with Crippen LogP contribution in [0.25, 0.3) is 0 Å². The average molecular weight is 971 g/mol. The molecule has 56 heavy (non-hydrogen) atoms. The number of halogens is 4. The van der Waals surface area contributed by atoms with Crippen molar-refractivity contribution in [2.75, 3.05) is 10.9 Å². The van der Waals surface area contributed by atoms with Gasteiger partial charge in [0.1, 0.15) is 11.6 Å². The van der Waals surface area contributed by atoms with Crippen LogP contribution in [-0.4, -0.2) is 54.3 Å². The number of hydrogen-bond donors (Lipinski definition) is 2. The maximum Gasteiger partial charge on any atom is 2.00 e. The van der Waals surface area contributed by atoms with Gasteiger partial charge in [0.15, 0.2) is 0 Å². The topological polar surface area (TPSA) is 457 Å². The molecule has 5 aromatic rings. The van der Waals surface area contributed by atoms with Crippen LogP contribution in [-0.2, 0) is 34.1 Å². The van der Waals surface area contributed by atoms with E-state index in [-0.39, 0.29) is 67.5 Å². The van der Waals surface area contributed by atoms with Gasteiger partial charge in [0.25, 0.3) is 0 Å². The van der Waals surface area contributed by atoms with Gasteiger partial charge in [-0.1, -0.05) is 59.0 Å². The Kier molecular flexibility index (Phi) is 40.6. The fourth-order valence-corrected chi connectivity index (χ4v) is 3.05. The molecule has 22 nitrogen and oxygen atoms in total. The molecule has 0 aliphatic carbocycles. The van der Waals surface area contributed by atoms with Crippen molar-refractivity contribution in [2.24, 2.45) is 10.2 Å². The van der Waals surface area contributed by atoms with E-state index >= 15 is 0 Å². The predicted octanol–water partition coefficient (Wildman–Crippen LogP) is -7.83. The van der Waals surface area contributed by atoms with E-state index in [1.807, 2.05) is 24.3 Å². The first-order valence-corrected chi connectivity index (χ1v) is 16.0. The van der Waals surface area contributed by atoms with Crippen LogP contribution in [0, 0.1) is 20.5 Å². The van der Waals surface area contributed by atoms with Crippen molar-refractivity contribution >= 4 is 47.3 Å². The first-order valence-electron chi connectivity index (χ1n) is 12.8. The van der Waals surface area contributed by atoms with E-state index in [0.717, 1.165) is 0 Å². The molecule has 0 bridgehead atoms. The summed E-state index contributed by atoms with van der Waals surface area (Å²) in [6.45, 7) is 0. The Bertz CT molecular complexity index is 1580. The summed E-state index contributed by atoms with van der Waals surface area (Å²) in [5.74, 6) is 0.971. The van der Waals surface area contributed by atoms with E-state index in [1.165, 1.54) is 24.6 Å². The zero-order chi connectivity index (χ0) is 37.4. The van der Waals surface area contributed by atoms with Gasteiger partial charge in [-0.2, -0.15) is 10.2 Å². The van der Waals surface area contributed by atoms with Crippen LogP contribution >= 0.6 is 23.2 Å². The van der Waals surface area contributed by atoms with Crippen LogP contribution in [0.1, 0.15) is 11.1 Å². The van der Waals surface area contributed by atoms with Crippen LogP contribution < -0.4 is 58.3 Å². The first kappa shape index (κ1) is 64.0. The van der Waals surface area contributed by atoms with Crippen LogP contribution in [0.4, 0.5) is 11.6 Å². The Balaban J connectivity index is -0.000000150. The summed E-state index contributed by atoms with van der Waals surface area (Å²) in [6, 6.07) is 19.9. The minimum absolute atomic E-state index is 0. The molecule has 0 fully saturated rings. The maximum atomic E-state index is 11.4. The van der Waals surface area contributed by atoms with E-state index in [9.17, 15) is 10.2 Å². The van der Waals surface area contributed by atoms with E-state index in [2.05, 4.69) is 41.0 Å². The summed E-state index contributed by atoms with van der Waals surface area (Å²) < 4.78 is 67.9. The Hall–Kier alpha value is -3.92. The van der Waals surface area contributed by atoms with Crippen molar-refractivity contribution in [3.63, 3.8) is 0 Å². The Morgan fingerprint density at radius 2 is 0.804 bits per heavy atom. The summed E-state index contributed by atoms with van der Waals surface area (Å²) in [4.78, 5) is 15.5. The molecule has 5 rings (SSSR count). The van der Waals surface area contributed by atoms with Crippen LogP contribution in [0.3, 0.4) is 0 Å². The second-order valence-corrected chi connectivity index (χ2v) is 10.6. The number of hydrogen-bond acceptors (Lipinski definition) is 18. The normalized spacial score (nSPS) is 9.46. The molecule has 316 valence electrons. The third kappa shape index (κ3) is 38.4. The van der Waals surface area contributed by atoms with Crippen LogP contribution in [0.2, 0.25) is 10.0 Å². The molecule has 10 N–H and O–H groups in total. The van der Waals surface area contributed by atoms with E-state index < -0.39 is 20.5 Å². The fourth-order valence-electron chi connectivity index (χ4n) is 2.69. The molecular weight excluding hydrogens is 941 g/mol. The van der Waals surface area contributed by atoms with Gasteiger partial charge < -0.3 is 32.1 Å². The molecule has 0 saturated carbocycles. The van der Waals surface area contributed by atoms with Crippen LogP contribution in [0.15, 0.2) is 120 Å². The molecule has 2 aromatic carbocycles. The minimum Gasteiger partial charge on any atom is -0.872 e. The minimum atomic E-state index is -4.94. The third-order valence-electron chi connectivity index (χ3n) is 4.52. The number of aromatic nitrogens is 4. The van der Waals surface area contributed by atoms with E-state index in [4.69, 9.17) is 60.5 Å². The zero-order valence-electron chi connectivity index (χ0n) is 27.4. The number of nitrogens with zero attached hydrogens (tertiary/aromatic N) is 6. The van der Waals surface area contributed by atoms with E-state index in [1.54, 1.807) is 73.6 Å². The van der Waals surface area contributed by atoms with Gasteiger partial charge in [0, 0.05) is 47.2 Å². The number of rotatable bonds is 6. The molecule has 0 aliphatic heterocycles. The van der Waals surface area contributed by atoms with Gasteiger partial charge in [0.05, 0.1) is 12.4 Å². The Morgan fingerprint density at radius 3 is 1.05 bits per heavy atom. The van der Waals surface area contributed by atoms with Crippen molar-refractivity contribution < 1.29 is 124 Å². The largest absolute Gasteiger partial charge is 2.00 e. The van der Waals surface area contributed by atoms with Crippen molar-refractivity contribution in [3.8, 4) is 11.5 Å². The molecule has 0 amide bonds.